The largest absolute Gasteiger partial charge is 0.492 e. The monoisotopic (exact) mass is 460 g/mol. The van der Waals surface area contributed by atoms with Crippen LogP contribution < -0.4 is 10.1 Å². The SMILES string of the molecule is CCc1ccc(OCCNC(=O)c2ccc([C@@H]3SCC(=O)N3Cc3ccccc3)cc2)cc1. The molecule has 1 fully saturated rings. The van der Waals surface area contributed by atoms with Gasteiger partial charge in [-0.25, -0.2) is 0 Å². The van der Waals surface area contributed by atoms with Crippen molar-refractivity contribution in [3.05, 3.63) is 101 Å². The number of benzene rings is 3. The Morgan fingerprint density at radius 2 is 1.73 bits per heavy atom. The third kappa shape index (κ3) is 5.96. The van der Waals surface area contributed by atoms with Crippen molar-refractivity contribution in [1.82, 2.24) is 10.2 Å². The van der Waals surface area contributed by atoms with Gasteiger partial charge >= 0.3 is 0 Å². The maximum atomic E-state index is 12.5. The van der Waals surface area contributed by atoms with Crippen LogP contribution in [0.5, 0.6) is 5.75 Å². The molecule has 33 heavy (non-hydrogen) atoms. The van der Waals surface area contributed by atoms with E-state index in [0.29, 0.717) is 31.0 Å². The van der Waals surface area contributed by atoms with Crippen LogP contribution in [-0.2, 0) is 17.8 Å². The van der Waals surface area contributed by atoms with Gasteiger partial charge in [0.15, 0.2) is 0 Å². The molecule has 3 aromatic carbocycles. The molecule has 1 N–H and O–H groups in total. The molecular formula is C27H28N2O3S. The molecule has 0 radical (unpaired) electrons. The Morgan fingerprint density at radius 3 is 2.42 bits per heavy atom. The second-order valence-electron chi connectivity index (χ2n) is 7.89. The van der Waals surface area contributed by atoms with Crippen molar-refractivity contribution >= 4 is 23.6 Å². The van der Waals surface area contributed by atoms with Gasteiger partial charge in [0.1, 0.15) is 17.7 Å². The van der Waals surface area contributed by atoms with Crippen LogP contribution in [0.25, 0.3) is 0 Å². The lowest BCUT2D eigenvalue weighted by Gasteiger charge is -2.24. The van der Waals surface area contributed by atoms with E-state index < -0.39 is 0 Å². The minimum Gasteiger partial charge on any atom is -0.492 e. The molecular weight excluding hydrogens is 432 g/mol. The number of nitrogens with one attached hydrogen (secondary N) is 1. The van der Waals surface area contributed by atoms with Crippen molar-refractivity contribution in [3.63, 3.8) is 0 Å². The Morgan fingerprint density at radius 1 is 1.00 bits per heavy atom. The summed E-state index contributed by atoms with van der Waals surface area (Å²) in [6.07, 6.45) is 0.996. The fraction of sp³-hybridized carbons (Fsp3) is 0.259. The Hall–Kier alpha value is -3.25. The number of aryl methyl sites for hydroxylation is 1. The molecule has 1 heterocycles. The normalized spacial score (nSPS) is 15.5. The first-order valence-electron chi connectivity index (χ1n) is 11.2. The zero-order valence-electron chi connectivity index (χ0n) is 18.7. The van der Waals surface area contributed by atoms with Crippen LogP contribution >= 0.6 is 11.8 Å². The number of thioether (sulfide) groups is 1. The van der Waals surface area contributed by atoms with Crippen LogP contribution in [-0.4, -0.2) is 35.6 Å². The number of hydrogen-bond acceptors (Lipinski definition) is 4. The quantitative estimate of drug-likeness (QED) is 0.465. The lowest BCUT2D eigenvalue weighted by Crippen LogP contribution is -2.28. The fourth-order valence-corrected chi connectivity index (χ4v) is 4.93. The van der Waals surface area contributed by atoms with Gasteiger partial charge < -0.3 is 15.0 Å². The van der Waals surface area contributed by atoms with E-state index in [0.717, 1.165) is 23.3 Å². The van der Waals surface area contributed by atoms with E-state index in [2.05, 4.69) is 12.2 Å². The summed E-state index contributed by atoms with van der Waals surface area (Å²) in [6.45, 7) is 3.53. The Balaban J connectivity index is 1.29. The number of nitrogens with zero attached hydrogens (tertiary/aromatic N) is 1. The van der Waals surface area contributed by atoms with Crippen LogP contribution in [0.3, 0.4) is 0 Å². The van der Waals surface area contributed by atoms with E-state index in [4.69, 9.17) is 4.74 Å². The van der Waals surface area contributed by atoms with Crippen LogP contribution in [0.15, 0.2) is 78.9 Å². The smallest absolute Gasteiger partial charge is 0.251 e. The van der Waals surface area contributed by atoms with Crippen molar-refractivity contribution in [1.29, 1.82) is 0 Å². The Kier molecular flexibility index (Phi) is 7.68. The molecule has 1 atom stereocenters. The highest BCUT2D eigenvalue weighted by molar-refractivity contribution is 8.00. The van der Waals surface area contributed by atoms with Crippen LogP contribution in [0.2, 0.25) is 0 Å². The lowest BCUT2D eigenvalue weighted by molar-refractivity contribution is -0.128. The number of carbonyl (C=O) groups excluding carboxylic acids is 2. The summed E-state index contributed by atoms with van der Waals surface area (Å²) in [5.41, 5.74) is 3.99. The molecule has 4 rings (SSSR count). The van der Waals surface area contributed by atoms with E-state index in [9.17, 15) is 9.59 Å². The first-order chi connectivity index (χ1) is 16.1. The van der Waals surface area contributed by atoms with Crippen molar-refractivity contribution in [3.8, 4) is 5.75 Å². The number of carbonyl (C=O) groups is 2. The third-order valence-corrected chi connectivity index (χ3v) is 6.87. The summed E-state index contributed by atoms with van der Waals surface area (Å²) >= 11 is 1.62. The summed E-state index contributed by atoms with van der Waals surface area (Å²) in [4.78, 5) is 26.8. The lowest BCUT2D eigenvalue weighted by atomic mass is 10.1. The van der Waals surface area contributed by atoms with Gasteiger partial charge in [-0.1, -0.05) is 61.5 Å². The van der Waals surface area contributed by atoms with Gasteiger partial charge in [-0.2, -0.15) is 0 Å². The number of ether oxygens (including phenoxy) is 1. The van der Waals surface area contributed by atoms with Crippen LogP contribution in [0.4, 0.5) is 0 Å². The van der Waals surface area contributed by atoms with Crippen molar-refractivity contribution in [2.75, 3.05) is 18.9 Å². The van der Waals surface area contributed by atoms with E-state index >= 15 is 0 Å². The van der Waals surface area contributed by atoms with Gasteiger partial charge in [0.05, 0.1) is 12.3 Å². The molecule has 0 spiro atoms. The topological polar surface area (TPSA) is 58.6 Å². The maximum absolute atomic E-state index is 12.5. The summed E-state index contributed by atoms with van der Waals surface area (Å²) in [7, 11) is 0. The molecule has 1 aliphatic rings. The molecule has 3 aromatic rings. The Bertz CT molecular complexity index is 1070. The van der Waals surface area contributed by atoms with Crippen molar-refractivity contribution in [2.45, 2.75) is 25.3 Å². The molecule has 6 heteroatoms. The first kappa shape index (κ1) is 22.9. The molecule has 0 saturated carbocycles. The summed E-state index contributed by atoms with van der Waals surface area (Å²) in [5.74, 6) is 1.28. The predicted molar refractivity (Wildman–Crippen MR) is 132 cm³/mol. The van der Waals surface area contributed by atoms with Crippen LogP contribution in [0.1, 0.15) is 39.3 Å². The van der Waals surface area contributed by atoms with Gasteiger partial charge in [-0.05, 0) is 47.4 Å². The zero-order chi connectivity index (χ0) is 23.0. The van der Waals surface area contributed by atoms with Gasteiger partial charge in [0, 0.05) is 12.1 Å². The average Bonchev–Trinajstić information content (AvgIpc) is 3.22. The first-order valence-corrected chi connectivity index (χ1v) is 12.2. The summed E-state index contributed by atoms with van der Waals surface area (Å²) < 4.78 is 5.69. The second kappa shape index (κ2) is 11.1. The molecule has 0 aromatic heterocycles. The zero-order valence-corrected chi connectivity index (χ0v) is 19.5. The van der Waals surface area contributed by atoms with Gasteiger partial charge in [-0.3, -0.25) is 9.59 Å². The van der Waals surface area contributed by atoms with E-state index in [1.807, 2.05) is 83.8 Å². The Labute approximate surface area is 199 Å². The minimum atomic E-state index is -0.136. The van der Waals surface area contributed by atoms with E-state index in [1.54, 1.807) is 11.8 Å². The fourth-order valence-electron chi connectivity index (χ4n) is 3.74. The standard InChI is InChI=1S/C27H28N2O3S/c1-2-20-8-14-24(15-9-20)32-17-16-28-26(31)22-10-12-23(13-11-22)27-29(25(30)19-33-27)18-21-6-4-3-5-7-21/h3-15,27H,2,16-19H2,1H3,(H,28,31)/t27-/m0/s1. The maximum Gasteiger partial charge on any atom is 0.251 e. The second-order valence-corrected chi connectivity index (χ2v) is 8.96. The van der Waals surface area contributed by atoms with Crippen molar-refractivity contribution in [2.24, 2.45) is 0 Å². The van der Waals surface area contributed by atoms with Crippen molar-refractivity contribution < 1.29 is 14.3 Å². The number of amides is 2. The highest BCUT2D eigenvalue weighted by Crippen LogP contribution is 2.39. The molecule has 0 aliphatic carbocycles. The highest BCUT2D eigenvalue weighted by atomic mass is 32.2. The molecule has 0 unspecified atom stereocenters. The predicted octanol–water partition coefficient (Wildman–Crippen LogP) is 4.83. The molecule has 1 saturated heterocycles. The molecule has 2 amide bonds. The number of hydrogen-bond donors (Lipinski definition) is 1. The minimum absolute atomic E-state index is 0.0395. The summed E-state index contributed by atoms with van der Waals surface area (Å²) in [5, 5.41) is 2.86. The molecule has 5 nitrogen and oxygen atoms in total. The highest BCUT2D eigenvalue weighted by Gasteiger charge is 2.32. The molecule has 0 bridgehead atoms. The average molecular weight is 461 g/mol. The van der Waals surface area contributed by atoms with Crippen LogP contribution in [0, 0.1) is 0 Å². The summed E-state index contributed by atoms with van der Waals surface area (Å²) in [6, 6.07) is 25.5. The molecule has 1 aliphatic heterocycles. The molecule has 170 valence electrons. The van der Waals surface area contributed by atoms with Gasteiger partial charge in [-0.15, -0.1) is 11.8 Å². The van der Waals surface area contributed by atoms with Gasteiger partial charge in [0.2, 0.25) is 5.91 Å². The van der Waals surface area contributed by atoms with Gasteiger partial charge in [0.25, 0.3) is 5.91 Å². The number of rotatable bonds is 9. The third-order valence-electron chi connectivity index (χ3n) is 5.61. The van der Waals surface area contributed by atoms with E-state index in [1.165, 1.54) is 5.56 Å². The van der Waals surface area contributed by atoms with E-state index in [-0.39, 0.29) is 17.2 Å².